The third-order valence-corrected chi connectivity index (χ3v) is 2.37. The highest BCUT2D eigenvalue weighted by Gasteiger charge is 2.00. The van der Waals surface area contributed by atoms with Crippen molar-refractivity contribution in [3.8, 4) is 5.75 Å². The predicted octanol–water partition coefficient (Wildman–Crippen LogP) is 1.69. The van der Waals surface area contributed by atoms with Crippen molar-refractivity contribution in [2.75, 3.05) is 13.2 Å². The maximum absolute atomic E-state index is 8.64. The molecule has 0 bridgehead atoms. The zero-order valence-electron chi connectivity index (χ0n) is 9.62. The standard InChI is InChI=1S/C13H16N2O2/c16-7-4-8-17-13-9-14-15(11-13)10-12-5-2-1-3-6-12/h1-3,5-6,9,11,16H,4,7-8,10H2. The van der Waals surface area contributed by atoms with Crippen molar-refractivity contribution in [3.05, 3.63) is 48.3 Å². The first-order valence-corrected chi connectivity index (χ1v) is 5.68. The zero-order chi connectivity index (χ0) is 11.9. The highest BCUT2D eigenvalue weighted by molar-refractivity contribution is 5.17. The first-order chi connectivity index (χ1) is 8.38. The Morgan fingerprint density at radius 1 is 1.24 bits per heavy atom. The summed E-state index contributed by atoms with van der Waals surface area (Å²) in [5, 5.41) is 12.9. The smallest absolute Gasteiger partial charge is 0.157 e. The molecule has 1 aromatic carbocycles. The topological polar surface area (TPSA) is 47.3 Å². The summed E-state index contributed by atoms with van der Waals surface area (Å²) in [6.07, 6.45) is 4.20. The zero-order valence-corrected chi connectivity index (χ0v) is 9.62. The average Bonchev–Trinajstić information content (AvgIpc) is 2.79. The molecule has 0 atom stereocenters. The molecule has 4 heteroatoms. The quantitative estimate of drug-likeness (QED) is 0.771. The van der Waals surface area contributed by atoms with E-state index in [1.54, 1.807) is 6.20 Å². The van der Waals surface area contributed by atoms with E-state index in [0.29, 0.717) is 13.0 Å². The molecule has 0 aliphatic rings. The molecule has 0 spiro atoms. The first kappa shape index (κ1) is 11.7. The molecule has 90 valence electrons. The number of hydrogen-bond donors (Lipinski definition) is 1. The van der Waals surface area contributed by atoms with Gasteiger partial charge in [0.1, 0.15) is 0 Å². The van der Waals surface area contributed by atoms with Crippen molar-refractivity contribution >= 4 is 0 Å². The number of nitrogens with zero attached hydrogens (tertiary/aromatic N) is 2. The van der Waals surface area contributed by atoms with Crippen molar-refractivity contribution in [1.82, 2.24) is 9.78 Å². The van der Waals surface area contributed by atoms with Crippen LogP contribution in [0, 0.1) is 0 Å². The van der Waals surface area contributed by atoms with Gasteiger partial charge in [-0.05, 0) is 5.56 Å². The lowest BCUT2D eigenvalue weighted by atomic mass is 10.2. The maximum Gasteiger partial charge on any atom is 0.157 e. The number of hydrogen-bond acceptors (Lipinski definition) is 3. The van der Waals surface area contributed by atoms with E-state index in [1.165, 1.54) is 5.56 Å². The highest BCUT2D eigenvalue weighted by atomic mass is 16.5. The Balaban J connectivity index is 1.90. The van der Waals surface area contributed by atoms with E-state index in [0.717, 1.165) is 12.3 Å². The van der Waals surface area contributed by atoms with Gasteiger partial charge in [0.05, 0.1) is 25.5 Å². The van der Waals surface area contributed by atoms with E-state index >= 15 is 0 Å². The molecule has 0 aliphatic carbocycles. The second kappa shape index (κ2) is 6.06. The van der Waals surface area contributed by atoms with Crippen LogP contribution >= 0.6 is 0 Å². The normalized spacial score (nSPS) is 10.4. The van der Waals surface area contributed by atoms with Crippen LogP contribution < -0.4 is 4.74 Å². The van der Waals surface area contributed by atoms with Crippen LogP contribution in [-0.4, -0.2) is 28.1 Å². The van der Waals surface area contributed by atoms with E-state index in [1.807, 2.05) is 29.1 Å². The van der Waals surface area contributed by atoms with Crippen LogP contribution in [0.25, 0.3) is 0 Å². The third-order valence-electron chi connectivity index (χ3n) is 2.37. The van der Waals surface area contributed by atoms with Gasteiger partial charge in [0, 0.05) is 13.0 Å². The van der Waals surface area contributed by atoms with Gasteiger partial charge < -0.3 is 9.84 Å². The van der Waals surface area contributed by atoms with Gasteiger partial charge in [-0.1, -0.05) is 30.3 Å². The molecule has 0 saturated carbocycles. The Hall–Kier alpha value is -1.81. The molecule has 1 heterocycles. The van der Waals surface area contributed by atoms with Gasteiger partial charge in [-0.25, -0.2) is 0 Å². The Kier molecular flexibility index (Phi) is 4.16. The minimum Gasteiger partial charge on any atom is -0.490 e. The summed E-state index contributed by atoms with van der Waals surface area (Å²) in [7, 11) is 0. The Labute approximate surface area is 100 Å². The number of rotatable bonds is 6. The van der Waals surface area contributed by atoms with Gasteiger partial charge in [-0.15, -0.1) is 0 Å². The van der Waals surface area contributed by atoms with Crippen LogP contribution in [0.15, 0.2) is 42.7 Å². The Morgan fingerprint density at radius 2 is 2.06 bits per heavy atom. The Bertz CT molecular complexity index is 440. The second-order valence-electron chi connectivity index (χ2n) is 3.78. The minimum absolute atomic E-state index is 0.151. The lowest BCUT2D eigenvalue weighted by molar-refractivity contribution is 0.233. The molecule has 2 rings (SSSR count). The number of aliphatic hydroxyl groups is 1. The number of ether oxygens (including phenoxy) is 1. The minimum atomic E-state index is 0.151. The maximum atomic E-state index is 8.64. The molecule has 0 unspecified atom stereocenters. The van der Waals surface area contributed by atoms with E-state index in [9.17, 15) is 0 Å². The number of aromatic nitrogens is 2. The molecule has 1 N–H and O–H groups in total. The molecule has 0 fully saturated rings. The van der Waals surface area contributed by atoms with Crippen LogP contribution in [0.4, 0.5) is 0 Å². The monoisotopic (exact) mass is 232 g/mol. The van der Waals surface area contributed by atoms with E-state index in [-0.39, 0.29) is 6.61 Å². The van der Waals surface area contributed by atoms with E-state index in [4.69, 9.17) is 9.84 Å². The van der Waals surface area contributed by atoms with Gasteiger partial charge >= 0.3 is 0 Å². The molecule has 4 nitrogen and oxygen atoms in total. The van der Waals surface area contributed by atoms with Gasteiger partial charge in [0.15, 0.2) is 5.75 Å². The summed E-state index contributed by atoms with van der Waals surface area (Å²) in [5.41, 5.74) is 1.21. The predicted molar refractivity (Wildman–Crippen MR) is 65.0 cm³/mol. The molecule has 0 saturated heterocycles. The molecule has 0 aliphatic heterocycles. The lowest BCUT2D eigenvalue weighted by Gasteiger charge is -2.01. The third kappa shape index (κ3) is 3.60. The number of aliphatic hydroxyl groups excluding tert-OH is 1. The second-order valence-corrected chi connectivity index (χ2v) is 3.78. The van der Waals surface area contributed by atoms with Crippen molar-refractivity contribution in [1.29, 1.82) is 0 Å². The van der Waals surface area contributed by atoms with Crippen molar-refractivity contribution in [2.45, 2.75) is 13.0 Å². The van der Waals surface area contributed by atoms with Crippen molar-refractivity contribution in [3.63, 3.8) is 0 Å². The largest absolute Gasteiger partial charge is 0.490 e. The van der Waals surface area contributed by atoms with Crippen LogP contribution in [0.1, 0.15) is 12.0 Å². The summed E-state index contributed by atoms with van der Waals surface area (Å²) in [5.74, 6) is 0.745. The fraction of sp³-hybridized carbons (Fsp3) is 0.308. The molecular weight excluding hydrogens is 216 g/mol. The summed E-state index contributed by atoms with van der Waals surface area (Å²) >= 11 is 0. The van der Waals surface area contributed by atoms with E-state index in [2.05, 4.69) is 17.2 Å². The van der Waals surface area contributed by atoms with E-state index < -0.39 is 0 Å². The summed E-state index contributed by atoms with van der Waals surface area (Å²) in [4.78, 5) is 0. The average molecular weight is 232 g/mol. The lowest BCUT2D eigenvalue weighted by Crippen LogP contribution is -2.00. The van der Waals surface area contributed by atoms with Crippen molar-refractivity contribution in [2.24, 2.45) is 0 Å². The summed E-state index contributed by atoms with van der Waals surface area (Å²) in [6.45, 7) is 1.41. The highest BCUT2D eigenvalue weighted by Crippen LogP contribution is 2.10. The molecule has 0 amide bonds. The molecule has 17 heavy (non-hydrogen) atoms. The molecule has 0 radical (unpaired) electrons. The van der Waals surface area contributed by atoms with Crippen LogP contribution in [-0.2, 0) is 6.54 Å². The van der Waals surface area contributed by atoms with Crippen LogP contribution in [0.5, 0.6) is 5.75 Å². The molecule has 1 aromatic heterocycles. The SMILES string of the molecule is OCCCOc1cnn(Cc2ccccc2)c1. The molecule has 2 aromatic rings. The van der Waals surface area contributed by atoms with Gasteiger partial charge in [0.2, 0.25) is 0 Å². The van der Waals surface area contributed by atoms with Gasteiger partial charge in [0.25, 0.3) is 0 Å². The Morgan fingerprint density at radius 3 is 2.82 bits per heavy atom. The summed E-state index contributed by atoms with van der Waals surface area (Å²) in [6, 6.07) is 10.1. The summed E-state index contributed by atoms with van der Waals surface area (Å²) < 4.78 is 7.26. The number of benzene rings is 1. The van der Waals surface area contributed by atoms with Gasteiger partial charge in [-0.3, -0.25) is 4.68 Å². The first-order valence-electron chi connectivity index (χ1n) is 5.68. The molecular formula is C13H16N2O2. The van der Waals surface area contributed by atoms with Crippen LogP contribution in [0.2, 0.25) is 0 Å². The van der Waals surface area contributed by atoms with Crippen LogP contribution in [0.3, 0.4) is 0 Å². The van der Waals surface area contributed by atoms with Gasteiger partial charge in [-0.2, -0.15) is 5.10 Å². The fourth-order valence-corrected chi connectivity index (χ4v) is 1.53. The van der Waals surface area contributed by atoms with Crippen molar-refractivity contribution < 1.29 is 9.84 Å². The fourth-order valence-electron chi connectivity index (χ4n) is 1.53.